The molecule has 13 heavy (non-hydrogen) atoms. The highest BCUT2D eigenvalue weighted by Crippen LogP contribution is 2.24. The van der Waals surface area contributed by atoms with Gasteiger partial charge in [-0.05, 0) is 40.0 Å². The zero-order chi connectivity index (χ0) is 9.26. The van der Waals surface area contributed by atoms with E-state index in [1.54, 1.807) is 0 Å². The first kappa shape index (κ1) is 8.78. The molecular formula is C10H10BrNO. The van der Waals surface area contributed by atoms with Crippen molar-refractivity contribution in [1.82, 2.24) is 4.98 Å². The van der Waals surface area contributed by atoms with Crippen molar-refractivity contribution in [2.24, 2.45) is 0 Å². The molecule has 1 heterocycles. The van der Waals surface area contributed by atoms with Crippen molar-refractivity contribution >= 4 is 26.8 Å². The molecule has 0 spiro atoms. The Morgan fingerprint density at radius 3 is 3.00 bits per heavy atom. The molecule has 1 aromatic heterocycles. The van der Waals surface area contributed by atoms with Crippen molar-refractivity contribution in [3.8, 4) is 0 Å². The van der Waals surface area contributed by atoms with Crippen LogP contribution in [0.2, 0.25) is 0 Å². The number of nitrogens with one attached hydrogen (secondary N) is 1. The van der Waals surface area contributed by atoms with E-state index >= 15 is 0 Å². The first-order chi connectivity index (χ1) is 6.31. The number of H-pyrrole nitrogens is 1. The summed E-state index contributed by atoms with van der Waals surface area (Å²) < 4.78 is 1.07. The third-order valence-electron chi connectivity index (χ3n) is 2.10. The number of aliphatic hydroxyl groups excluding tert-OH is 1. The Kier molecular flexibility index (Phi) is 2.38. The minimum absolute atomic E-state index is 0.202. The van der Waals surface area contributed by atoms with Crippen LogP contribution in [-0.4, -0.2) is 16.7 Å². The molecule has 0 fully saturated rings. The second kappa shape index (κ2) is 3.52. The molecule has 2 nitrogen and oxygen atoms in total. The van der Waals surface area contributed by atoms with Gasteiger partial charge >= 0.3 is 0 Å². The number of benzene rings is 1. The number of halogens is 1. The van der Waals surface area contributed by atoms with Crippen molar-refractivity contribution in [3.05, 3.63) is 34.4 Å². The van der Waals surface area contributed by atoms with Crippen LogP contribution < -0.4 is 0 Å². The number of aromatic amines is 1. The second-order valence-electron chi connectivity index (χ2n) is 2.99. The van der Waals surface area contributed by atoms with Gasteiger partial charge in [-0.2, -0.15) is 0 Å². The molecule has 0 aliphatic rings. The minimum Gasteiger partial charge on any atom is -0.396 e. The summed E-state index contributed by atoms with van der Waals surface area (Å²) in [5.74, 6) is 0. The van der Waals surface area contributed by atoms with E-state index in [2.05, 4.69) is 27.0 Å². The van der Waals surface area contributed by atoms with E-state index in [1.165, 1.54) is 5.39 Å². The SMILES string of the molecule is OCCc1ccc2[nH]cc(Br)c2c1. The lowest BCUT2D eigenvalue weighted by Crippen LogP contribution is -1.89. The predicted octanol–water partition coefficient (Wildman–Crippen LogP) is 2.47. The van der Waals surface area contributed by atoms with Crippen LogP contribution >= 0.6 is 15.9 Å². The van der Waals surface area contributed by atoms with E-state index in [9.17, 15) is 0 Å². The molecule has 68 valence electrons. The maximum absolute atomic E-state index is 8.79. The van der Waals surface area contributed by atoms with Gasteiger partial charge in [-0.3, -0.25) is 0 Å². The minimum atomic E-state index is 0.202. The molecule has 0 amide bonds. The normalized spacial score (nSPS) is 10.9. The van der Waals surface area contributed by atoms with Gasteiger partial charge in [0, 0.05) is 28.2 Å². The van der Waals surface area contributed by atoms with Gasteiger partial charge < -0.3 is 10.1 Å². The van der Waals surface area contributed by atoms with Crippen molar-refractivity contribution in [2.75, 3.05) is 6.61 Å². The molecule has 2 N–H and O–H groups in total. The van der Waals surface area contributed by atoms with E-state index in [0.717, 1.165) is 15.6 Å². The van der Waals surface area contributed by atoms with Crippen LogP contribution in [0.4, 0.5) is 0 Å². The largest absolute Gasteiger partial charge is 0.396 e. The Labute approximate surface area is 84.7 Å². The molecule has 0 bridgehead atoms. The summed E-state index contributed by atoms with van der Waals surface area (Å²) in [5, 5.41) is 9.96. The molecular weight excluding hydrogens is 230 g/mol. The van der Waals surface area contributed by atoms with Gasteiger partial charge in [0.15, 0.2) is 0 Å². The first-order valence-corrected chi connectivity index (χ1v) is 4.97. The van der Waals surface area contributed by atoms with Crippen LogP contribution in [0.5, 0.6) is 0 Å². The van der Waals surface area contributed by atoms with Crippen LogP contribution in [0.3, 0.4) is 0 Å². The summed E-state index contributed by atoms with van der Waals surface area (Å²) in [7, 11) is 0. The zero-order valence-electron chi connectivity index (χ0n) is 7.05. The maximum Gasteiger partial charge on any atom is 0.0471 e. The highest BCUT2D eigenvalue weighted by molar-refractivity contribution is 9.10. The Morgan fingerprint density at radius 1 is 1.38 bits per heavy atom. The van der Waals surface area contributed by atoms with Crippen LogP contribution in [-0.2, 0) is 6.42 Å². The molecule has 2 rings (SSSR count). The van der Waals surface area contributed by atoms with Crippen LogP contribution in [0, 0.1) is 0 Å². The van der Waals surface area contributed by atoms with Crippen molar-refractivity contribution in [2.45, 2.75) is 6.42 Å². The van der Waals surface area contributed by atoms with Gasteiger partial charge in [-0.15, -0.1) is 0 Å². The highest BCUT2D eigenvalue weighted by atomic mass is 79.9. The van der Waals surface area contributed by atoms with Gasteiger partial charge in [0.25, 0.3) is 0 Å². The summed E-state index contributed by atoms with van der Waals surface area (Å²) in [5.41, 5.74) is 2.28. The van der Waals surface area contributed by atoms with Gasteiger partial charge in [0.2, 0.25) is 0 Å². The fourth-order valence-corrected chi connectivity index (χ4v) is 1.86. The molecule has 2 aromatic rings. The van der Waals surface area contributed by atoms with Crippen molar-refractivity contribution < 1.29 is 5.11 Å². The maximum atomic E-state index is 8.79. The number of aliphatic hydroxyl groups is 1. The zero-order valence-corrected chi connectivity index (χ0v) is 8.63. The molecule has 3 heteroatoms. The highest BCUT2D eigenvalue weighted by Gasteiger charge is 2.01. The Hall–Kier alpha value is -0.800. The predicted molar refractivity (Wildman–Crippen MR) is 56.8 cm³/mol. The average Bonchev–Trinajstić information content (AvgIpc) is 2.49. The number of hydrogen-bond acceptors (Lipinski definition) is 1. The second-order valence-corrected chi connectivity index (χ2v) is 3.84. The van der Waals surface area contributed by atoms with Gasteiger partial charge in [0.05, 0.1) is 0 Å². The fourth-order valence-electron chi connectivity index (χ4n) is 1.42. The van der Waals surface area contributed by atoms with E-state index < -0.39 is 0 Å². The van der Waals surface area contributed by atoms with E-state index in [0.29, 0.717) is 6.42 Å². The average molecular weight is 240 g/mol. The quantitative estimate of drug-likeness (QED) is 0.831. The summed E-state index contributed by atoms with van der Waals surface area (Å²) in [6, 6.07) is 6.15. The third kappa shape index (κ3) is 1.62. The van der Waals surface area contributed by atoms with E-state index in [1.807, 2.05) is 18.3 Å². The van der Waals surface area contributed by atoms with Crippen molar-refractivity contribution in [1.29, 1.82) is 0 Å². The summed E-state index contributed by atoms with van der Waals surface area (Å²) in [6.45, 7) is 0.202. The Balaban J connectivity index is 2.53. The smallest absolute Gasteiger partial charge is 0.0471 e. The lowest BCUT2D eigenvalue weighted by molar-refractivity contribution is 0.299. The molecule has 0 aliphatic heterocycles. The number of hydrogen-bond donors (Lipinski definition) is 2. The number of fused-ring (bicyclic) bond motifs is 1. The van der Waals surface area contributed by atoms with Crippen LogP contribution in [0.1, 0.15) is 5.56 Å². The van der Waals surface area contributed by atoms with Crippen molar-refractivity contribution in [3.63, 3.8) is 0 Å². The molecule has 0 radical (unpaired) electrons. The molecule has 0 saturated carbocycles. The fraction of sp³-hybridized carbons (Fsp3) is 0.200. The molecule has 1 aromatic carbocycles. The molecule has 0 aliphatic carbocycles. The Bertz CT molecular complexity index is 422. The monoisotopic (exact) mass is 239 g/mol. The van der Waals surface area contributed by atoms with Gasteiger partial charge in [-0.1, -0.05) is 6.07 Å². The van der Waals surface area contributed by atoms with E-state index in [4.69, 9.17) is 5.11 Å². The van der Waals surface area contributed by atoms with Gasteiger partial charge in [0.1, 0.15) is 0 Å². The van der Waals surface area contributed by atoms with Crippen LogP contribution in [0.25, 0.3) is 10.9 Å². The van der Waals surface area contributed by atoms with Crippen LogP contribution in [0.15, 0.2) is 28.9 Å². The lowest BCUT2D eigenvalue weighted by atomic mass is 10.1. The summed E-state index contributed by atoms with van der Waals surface area (Å²) >= 11 is 3.46. The van der Waals surface area contributed by atoms with Gasteiger partial charge in [-0.25, -0.2) is 0 Å². The van der Waals surface area contributed by atoms with E-state index in [-0.39, 0.29) is 6.61 Å². The number of rotatable bonds is 2. The first-order valence-electron chi connectivity index (χ1n) is 4.17. The molecule has 0 saturated heterocycles. The lowest BCUT2D eigenvalue weighted by Gasteiger charge is -1.98. The summed E-state index contributed by atoms with van der Waals surface area (Å²) in [6.07, 6.45) is 2.64. The number of aromatic nitrogens is 1. The summed E-state index contributed by atoms with van der Waals surface area (Å²) in [4.78, 5) is 3.15. The standard InChI is InChI=1S/C10H10BrNO/c11-9-6-12-10-2-1-7(3-4-13)5-8(9)10/h1-2,5-6,12-13H,3-4H2. The topological polar surface area (TPSA) is 36.0 Å². The molecule has 0 unspecified atom stereocenters. The third-order valence-corrected chi connectivity index (χ3v) is 2.75. The molecule has 0 atom stereocenters. The Morgan fingerprint density at radius 2 is 2.23 bits per heavy atom.